The lowest BCUT2D eigenvalue weighted by atomic mass is 10.1. The lowest BCUT2D eigenvalue weighted by Crippen LogP contribution is -2.26. The van der Waals surface area contributed by atoms with Gasteiger partial charge in [0.1, 0.15) is 0 Å². The molecule has 0 atom stereocenters. The van der Waals surface area contributed by atoms with Crippen molar-refractivity contribution in [2.45, 2.75) is 13.5 Å². The normalized spacial score (nSPS) is 10.7. The van der Waals surface area contributed by atoms with Crippen molar-refractivity contribution in [3.05, 3.63) is 76.4 Å². The second kappa shape index (κ2) is 6.39. The van der Waals surface area contributed by atoms with Crippen LogP contribution in [0.15, 0.2) is 54.6 Å². The van der Waals surface area contributed by atoms with E-state index in [1.54, 1.807) is 11.9 Å². The molecule has 0 aliphatic carbocycles. The van der Waals surface area contributed by atoms with Gasteiger partial charge in [-0.05, 0) is 36.8 Å². The summed E-state index contributed by atoms with van der Waals surface area (Å²) in [6.07, 6.45) is 0. The molecule has 0 N–H and O–H groups in total. The predicted octanol–water partition coefficient (Wildman–Crippen LogP) is 4.47. The zero-order chi connectivity index (χ0) is 16.4. The second-order valence-electron chi connectivity index (χ2n) is 5.62. The number of halogens is 1. The molecule has 116 valence electrons. The molecule has 0 unspecified atom stereocenters. The number of carbonyl (C=O) groups excluding carboxylic acids is 1. The molecule has 0 fully saturated rings. The van der Waals surface area contributed by atoms with Crippen LogP contribution in [0, 0.1) is 6.92 Å². The summed E-state index contributed by atoms with van der Waals surface area (Å²) in [6, 6.07) is 17.1. The fourth-order valence-corrected chi connectivity index (χ4v) is 2.88. The summed E-state index contributed by atoms with van der Waals surface area (Å²) in [4.78, 5) is 19.1. The van der Waals surface area contributed by atoms with Gasteiger partial charge in [-0.2, -0.15) is 0 Å². The van der Waals surface area contributed by atoms with Crippen LogP contribution in [0.1, 0.15) is 21.6 Å². The Labute approximate surface area is 140 Å². The largest absolute Gasteiger partial charge is 0.337 e. The number of hydrogen-bond donors (Lipinski definition) is 0. The van der Waals surface area contributed by atoms with Gasteiger partial charge >= 0.3 is 0 Å². The van der Waals surface area contributed by atoms with Crippen molar-refractivity contribution in [1.82, 2.24) is 9.88 Å². The number of carbonyl (C=O) groups is 1. The van der Waals surface area contributed by atoms with Gasteiger partial charge in [-0.15, -0.1) is 0 Å². The van der Waals surface area contributed by atoms with Crippen LogP contribution in [0.3, 0.4) is 0 Å². The Hall–Kier alpha value is -2.39. The number of benzene rings is 2. The van der Waals surface area contributed by atoms with Crippen molar-refractivity contribution < 1.29 is 4.79 Å². The molecule has 0 bridgehead atoms. The molecule has 1 amide bonds. The highest BCUT2D eigenvalue weighted by Crippen LogP contribution is 2.20. The van der Waals surface area contributed by atoms with E-state index in [0.29, 0.717) is 17.1 Å². The van der Waals surface area contributed by atoms with Crippen LogP contribution < -0.4 is 0 Å². The Morgan fingerprint density at radius 3 is 2.70 bits per heavy atom. The predicted molar refractivity (Wildman–Crippen MR) is 93.7 cm³/mol. The average Bonchev–Trinajstić information content (AvgIpc) is 2.53. The number of rotatable bonds is 3. The van der Waals surface area contributed by atoms with Crippen LogP contribution in [0.2, 0.25) is 5.02 Å². The van der Waals surface area contributed by atoms with Crippen LogP contribution in [0.25, 0.3) is 10.9 Å². The fraction of sp³-hybridized carbons (Fsp3) is 0.158. The first kappa shape index (κ1) is 15.5. The van der Waals surface area contributed by atoms with E-state index < -0.39 is 0 Å². The number of aromatic nitrogens is 1. The molecule has 2 aromatic carbocycles. The van der Waals surface area contributed by atoms with Gasteiger partial charge in [0.15, 0.2) is 0 Å². The van der Waals surface area contributed by atoms with Gasteiger partial charge in [0.2, 0.25) is 0 Å². The SMILES string of the molecule is Cc1cc(C(=O)N(C)Cc2cccc(Cl)c2)c2ccccc2n1. The maximum absolute atomic E-state index is 12.9. The highest BCUT2D eigenvalue weighted by molar-refractivity contribution is 6.30. The molecular formula is C19H17ClN2O. The molecule has 3 nitrogen and oxygen atoms in total. The molecule has 0 saturated heterocycles. The smallest absolute Gasteiger partial charge is 0.254 e. The zero-order valence-electron chi connectivity index (χ0n) is 13.1. The Morgan fingerprint density at radius 1 is 1.13 bits per heavy atom. The summed E-state index contributed by atoms with van der Waals surface area (Å²) in [5, 5.41) is 1.55. The van der Waals surface area contributed by atoms with Crippen molar-refractivity contribution in [3.8, 4) is 0 Å². The van der Waals surface area contributed by atoms with Crippen molar-refractivity contribution in [2.24, 2.45) is 0 Å². The minimum absolute atomic E-state index is 0.0216. The Kier molecular flexibility index (Phi) is 4.30. The molecule has 3 rings (SSSR count). The maximum atomic E-state index is 12.9. The minimum atomic E-state index is -0.0216. The van der Waals surface area contributed by atoms with E-state index in [9.17, 15) is 4.79 Å². The molecule has 0 aliphatic heterocycles. The van der Waals surface area contributed by atoms with E-state index in [1.807, 2.05) is 61.5 Å². The molecule has 0 saturated carbocycles. The molecular weight excluding hydrogens is 308 g/mol. The third-order valence-corrected chi connectivity index (χ3v) is 3.97. The lowest BCUT2D eigenvalue weighted by Gasteiger charge is -2.19. The average molecular weight is 325 g/mol. The highest BCUT2D eigenvalue weighted by Gasteiger charge is 2.16. The number of amides is 1. The second-order valence-corrected chi connectivity index (χ2v) is 6.06. The fourth-order valence-electron chi connectivity index (χ4n) is 2.67. The number of fused-ring (bicyclic) bond motifs is 1. The summed E-state index contributed by atoms with van der Waals surface area (Å²) >= 11 is 6.01. The summed E-state index contributed by atoms with van der Waals surface area (Å²) in [7, 11) is 1.80. The standard InChI is InChI=1S/C19H17ClN2O/c1-13-10-17(16-8-3-4-9-18(16)21-13)19(23)22(2)12-14-6-5-7-15(20)11-14/h3-11H,12H2,1-2H3. The Bertz CT molecular complexity index is 876. The summed E-state index contributed by atoms with van der Waals surface area (Å²) in [6.45, 7) is 2.41. The number of para-hydroxylation sites is 1. The lowest BCUT2D eigenvalue weighted by molar-refractivity contribution is 0.0787. The van der Waals surface area contributed by atoms with E-state index in [1.165, 1.54) is 0 Å². The number of aryl methyl sites for hydroxylation is 1. The monoisotopic (exact) mass is 324 g/mol. The van der Waals surface area contributed by atoms with E-state index >= 15 is 0 Å². The molecule has 1 aromatic heterocycles. The van der Waals surface area contributed by atoms with Crippen LogP contribution in [0.4, 0.5) is 0 Å². The van der Waals surface area contributed by atoms with Crippen molar-refractivity contribution in [1.29, 1.82) is 0 Å². The van der Waals surface area contributed by atoms with E-state index in [-0.39, 0.29) is 5.91 Å². The van der Waals surface area contributed by atoms with Crippen molar-refractivity contribution in [3.63, 3.8) is 0 Å². The first-order valence-corrected chi connectivity index (χ1v) is 7.78. The van der Waals surface area contributed by atoms with Crippen LogP contribution in [-0.2, 0) is 6.54 Å². The van der Waals surface area contributed by atoms with Gasteiger partial charge in [0.25, 0.3) is 5.91 Å². The summed E-state index contributed by atoms with van der Waals surface area (Å²) in [5.41, 5.74) is 3.36. The van der Waals surface area contributed by atoms with Crippen LogP contribution in [-0.4, -0.2) is 22.8 Å². The van der Waals surface area contributed by atoms with Gasteiger partial charge < -0.3 is 4.90 Å². The van der Waals surface area contributed by atoms with Gasteiger partial charge in [-0.1, -0.05) is 41.9 Å². The molecule has 3 aromatic rings. The number of hydrogen-bond acceptors (Lipinski definition) is 2. The molecule has 0 radical (unpaired) electrons. The summed E-state index contributed by atoms with van der Waals surface area (Å²) < 4.78 is 0. The number of pyridine rings is 1. The number of nitrogens with zero attached hydrogens (tertiary/aromatic N) is 2. The van der Waals surface area contributed by atoms with Gasteiger partial charge in [0.05, 0.1) is 11.1 Å². The highest BCUT2D eigenvalue weighted by atomic mass is 35.5. The minimum Gasteiger partial charge on any atom is -0.337 e. The topological polar surface area (TPSA) is 33.2 Å². The first-order chi connectivity index (χ1) is 11.0. The van der Waals surface area contributed by atoms with E-state index in [0.717, 1.165) is 22.2 Å². The molecule has 23 heavy (non-hydrogen) atoms. The molecule has 0 spiro atoms. The zero-order valence-corrected chi connectivity index (χ0v) is 13.8. The summed E-state index contributed by atoms with van der Waals surface area (Å²) in [5.74, 6) is -0.0216. The molecule has 1 heterocycles. The van der Waals surface area contributed by atoms with Crippen molar-refractivity contribution >= 4 is 28.4 Å². The molecule has 4 heteroatoms. The first-order valence-electron chi connectivity index (χ1n) is 7.41. The quantitative estimate of drug-likeness (QED) is 0.712. The van der Waals surface area contributed by atoms with Crippen LogP contribution >= 0.6 is 11.6 Å². The maximum Gasteiger partial charge on any atom is 0.254 e. The third kappa shape index (κ3) is 3.35. The molecule has 0 aliphatic rings. The van der Waals surface area contributed by atoms with Crippen LogP contribution in [0.5, 0.6) is 0 Å². The van der Waals surface area contributed by atoms with Gasteiger partial charge in [0, 0.05) is 29.7 Å². The van der Waals surface area contributed by atoms with Crippen molar-refractivity contribution in [2.75, 3.05) is 7.05 Å². The Morgan fingerprint density at radius 2 is 1.91 bits per heavy atom. The Balaban J connectivity index is 1.93. The van der Waals surface area contributed by atoms with E-state index in [2.05, 4.69) is 4.98 Å². The van der Waals surface area contributed by atoms with E-state index in [4.69, 9.17) is 11.6 Å². The van der Waals surface area contributed by atoms with Gasteiger partial charge in [-0.25, -0.2) is 0 Å². The third-order valence-electron chi connectivity index (χ3n) is 3.73. The van der Waals surface area contributed by atoms with Gasteiger partial charge in [-0.3, -0.25) is 9.78 Å².